The van der Waals surface area contributed by atoms with Crippen LogP contribution in [0.15, 0.2) is 59.6 Å². The third-order valence-electron chi connectivity index (χ3n) is 4.93. The zero-order valence-electron chi connectivity index (χ0n) is 17.6. The topological polar surface area (TPSA) is 123 Å². The standard InChI is InChI=1S/C22H19ClN4O5S/c1-13-19-20(18(22(28)29)11-24-21(19)27(2)26-13)25-12-33(30,31)17-9-7-16(8-10-17)32-15-5-3-14(23)4-6-15/h3-11H,12H2,1-2H3,(H,24,25)(H,28,29). The summed E-state index contributed by atoms with van der Waals surface area (Å²) in [5.74, 6) is -0.722. The van der Waals surface area contributed by atoms with Crippen molar-refractivity contribution in [2.45, 2.75) is 11.8 Å². The van der Waals surface area contributed by atoms with Crippen molar-refractivity contribution in [3.05, 3.63) is 71.0 Å². The molecule has 0 fully saturated rings. The molecule has 0 saturated heterocycles. The SMILES string of the molecule is Cc1nn(C)c2ncc(C(=O)O)c(NCS(=O)(=O)c3ccc(Oc4ccc(Cl)cc4)cc3)c12. The number of aryl methyl sites for hydroxylation is 2. The molecule has 0 atom stereocenters. The third-order valence-corrected chi connectivity index (χ3v) is 6.70. The summed E-state index contributed by atoms with van der Waals surface area (Å²) in [5.41, 5.74) is 0.998. The molecule has 0 unspecified atom stereocenters. The van der Waals surface area contributed by atoms with E-state index >= 15 is 0 Å². The summed E-state index contributed by atoms with van der Waals surface area (Å²) in [6.45, 7) is 1.70. The van der Waals surface area contributed by atoms with Crippen LogP contribution in [0.1, 0.15) is 16.1 Å². The molecule has 0 aliphatic rings. The molecular weight excluding hydrogens is 468 g/mol. The van der Waals surface area contributed by atoms with Crippen molar-refractivity contribution >= 4 is 44.1 Å². The fraction of sp³-hybridized carbons (Fsp3) is 0.136. The van der Waals surface area contributed by atoms with Crippen LogP contribution in [0.3, 0.4) is 0 Å². The minimum absolute atomic E-state index is 0.0588. The third kappa shape index (κ3) is 4.62. The van der Waals surface area contributed by atoms with E-state index in [2.05, 4.69) is 15.4 Å². The van der Waals surface area contributed by atoms with Crippen molar-refractivity contribution in [3.63, 3.8) is 0 Å². The van der Waals surface area contributed by atoms with Crippen molar-refractivity contribution in [2.75, 3.05) is 11.2 Å². The number of hydrogen-bond acceptors (Lipinski definition) is 7. The number of nitrogens with zero attached hydrogens (tertiary/aromatic N) is 3. The Balaban J connectivity index is 1.57. The highest BCUT2D eigenvalue weighted by atomic mass is 35.5. The Kier molecular flexibility index (Phi) is 5.96. The number of aromatic carboxylic acids is 1. The molecule has 33 heavy (non-hydrogen) atoms. The van der Waals surface area contributed by atoms with Crippen molar-refractivity contribution in [3.8, 4) is 11.5 Å². The fourth-order valence-electron chi connectivity index (χ4n) is 3.36. The number of sulfone groups is 1. The van der Waals surface area contributed by atoms with E-state index < -0.39 is 21.7 Å². The normalized spacial score (nSPS) is 11.5. The van der Waals surface area contributed by atoms with Gasteiger partial charge in [0.25, 0.3) is 0 Å². The number of ether oxygens (including phenoxy) is 1. The van der Waals surface area contributed by atoms with Crippen LogP contribution >= 0.6 is 11.6 Å². The van der Waals surface area contributed by atoms with Gasteiger partial charge in [0, 0.05) is 18.3 Å². The molecule has 9 nitrogen and oxygen atoms in total. The number of fused-ring (bicyclic) bond motifs is 1. The molecular formula is C22H19ClN4O5S. The van der Waals surface area contributed by atoms with Crippen LogP contribution in [0, 0.1) is 6.92 Å². The molecule has 0 amide bonds. The Morgan fingerprint density at radius 3 is 2.33 bits per heavy atom. The number of carboxylic acids is 1. The molecule has 2 N–H and O–H groups in total. The number of benzene rings is 2. The zero-order chi connectivity index (χ0) is 23.8. The second-order valence-electron chi connectivity index (χ2n) is 7.22. The summed E-state index contributed by atoms with van der Waals surface area (Å²) in [6, 6.07) is 12.7. The number of carboxylic acid groups (broad SMARTS) is 1. The van der Waals surface area contributed by atoms with Gasteiger partial charge in [-0.3, -0.25) is 4.68 Å². The molecule has 0 spiro atoms. The summed E-state index contributed by atoms with van der Waals surface area (Å²) >= 11 is 5.86. The predicted molar refractivity (Wildman–Crippen MR) is 124 cm³/mol. The van der Waals surface area contributed by atoms with E-state index in [9.17, 15) is 18.3 Å². The van der Waals surface area contributed by atoms with Gasteiger partial charge in [-0.2, -0.15) is 5.10 Å². The fourth-order valence-corrected chi connectivity index (χ4v) is 4.54. The minimum Gasteiger partial charge on any atom is -0.478 e. The first-order valence-electron chi connectivity index (χ1n) is 9.71. The van der Waals surface area contributed by atoms with Crippen LogP contribution in [-0.2, 0) is 16.9 Å². The molecule has 2 aromatic heterocycles. The van der Waals surface area contributed by atoms with Crippen molar-refractivity contribution in [2.24, 2.45) is 7.05 Å². The van der Waals surface area contributed by atoms with Gasteiger partial charge in [-0.25, -0.2) is 18.2 Å². The molecule has 0 saturated carbocycles. The highest BCUT2D eigenvalue weighted by Gasteiger charge is 2.22. The average Bonchev–Trinajstić information content (AvgIpc) is 3.07. The van der Waals surface area contributed by atoms with Crippen molar-refractivity contribution in [1.82, 2.24) is 14.8 Å². The van der Waals surface area contributed by atoms with Gasteiger partial charge in [0.1, 0.15) is 22.9 Å². The monoisotopic (exact) mass is 486 g/mol. The quantitative estimate of drug-likeness (QED) is 0.397. The maximum Gasteiger partial charge on any atom is 0.339 e. The molecule has 4 rings (SSSR count). The van der Waals surface area contributed by atoms with Crippen LogP contribution < -0.4 is 10.1 Å². The van der Waals surface area contributed by atoms with E-state index in [1.54, 1.807) is 50.4 Å². The number of pyridine rings is 1. The number of nitrogens with one attached hydrogen (secondary N) is 1. The number of halogens is 1. The predicted octanol–water partition coefficient (Wildman–Crippen LogP) is 4.26. The number of anilines is 1. The molecule has 4 aromatic rings. The molecule has 2 heterocycles. The highest BCUT2D eigenvalue weighted by Crippen LogP contribution is 2.30. The Morgan fingerprint density at radius 1 is 1.12 bits per heavy atom. The van der Waals surface area contributed by atoms with Crippen LogP contribution in [0.5, 0.6) is 11.5 Å². The van der Waals surface area contributed by atoms with Gasteiger partial charge in [-0.05, 0) is 55.5 Å². The molecule has 11 heteroatoms. The van der Waals surface area contributed by atoms with Crippen molar-refractivity contribution in [1.29, 1.82) is 0 Å². The second kappa shape index (κ2) is 8.72. The smallest absolute Gasteiger partial charge is 0.339 e. The summed E-state index contributed by atoms with van der Waals surface area (Å²) in [4.78, 5) is 15.9. The Morgan fingerprint density at radius 2 is 1.73 bits per heavy atom. The van der Waals surface area contributed by atoms with E-state index in [4.69, 9.17) is 16.3 Å². The number of rotatable bonds is 7. The molecule has 0 aliphatic heterocycles. The summed E-state index contributed by atoms with van der Waals surface area (Å²) in [7, 11) is -2.12. The van der Waals surface area contributed by atoms with E-state index in [1.165, 1.54) is 23.0 Å². The van der Waals surface area contributed by atoms with Crippen LogP contribution in [0.2, 0.25) is 5.02 Å². The first-order valence-corrected chi connectivity index (χ1v) is 11.7. The van der Waals surface area contributed by atoms with Gasteiger partial charge >= 0.3 is 5.97 Å². The van der Waals surface area contributed by atoms with Crippen LogP contribution in [-0.4, -0.2) is 40.1 Å². The van der Waals surface area contributed by atoms with Gasteiger partial charge < -0.3 is 15.2 Å². The van der Waals surface area contributed by atoms with E-state index in [-0.39, 0.29) is 16.1 Å². The van der Waals surface area contributed by atoms with Crippen molar-refractivity contribution < 1.29 is 23.1 Å². The highest BCUT2D eigenvalue weighted by molar-refractivity contribution is 7.91. The molecule has 2 aromatic carbocycles. The first-order chi connectivity index (χ1) is 15.7. The maximum absolute atomic E-state index is 12.9. The lowest BCUT2D eigenvalue weighted by Crippen LogP contribution is -2.17. The van der Waals surface area contributed by atoms with E-state index in [0.717, 1.165) is 0 Å². The van der Waals surface area contributed by atoms with Crippen LogP contribution in [0.4, 0.5) is 5.69 Å². The largest absolute Gasteiger partial charge is 0.478 e. The first kappa shape index (κ1) is 22.6. The second-order valence-corrected chi connectivity index (χ2v) is 9.65. The minimum atomic E-state index is -3.80. The lowest BCUT2D eigenvalue weighted by Gasteiger charge is -2.12. The van der Waals surface area contributed by atoms with Gasteiger partial charge in [-0.1, -0.05) is 11.6 Å². The lowest BCUT2D eigenvalue weighted by molar-refractivity contribution is 0.0697. The van der Waals surface area contributed by atoms with E-state index in [1.807, 2.05) is 0 Å². The molecule has 170 valence electrons. The maximum atomic E-state index is 12.9. The lowest BCUT2D eigenvalue weighted by atomic mass is 10.1. The molecule has 0 aliphatic carbocycles. The van der Waals surface area contributed by atoms with Gasteiger partial charge in [0.05, 0.1) is 21.7 Å². The number of carbonyl (C=O) groups is 1. The summed E-state index contributed by atoms with van der Waals surface area (Å²) in [5, 5.41) is 17.6. The zero-order valence-corrected chi connectivity index (χ0v) is 19.2. The molecule has 0 radical (unpaired) electrons. The van der Waals surface area contributed by atoms with Crippen LogP contribution in [0.25, 0.3) is 11.0 Å². The Labute approximate surface area is 194 Å². The Bertz CT molecular complexity index is 1450. The summed E-state index contributed by atoms with van der Waals surface area (Å²) < 4.78 is 33.0. The average molecular weight is 487 g/mol. The van der Waals surface area contributed by atoms with E-state index in [0.29, 0.717) is 33.2 Å². The number of aromatic nitrogens is 3. The molecule has 0 bridgehead atoms. The van der Waals surface area contributed by atoms with Gasteiger partial charge in [-0.15, -0.1) is 0 Å². The van der Waals surface area contributed by atoms with Gasteiger partial charge in [0.2, 0.25) is 0 Å². The van der Waals surface area contributed by atoms with Gasteiger partial charge in [0.15, 0.2) is 15.5 Å². The number of hydrogen-bond donors (Lipinski definition) is 2. The summed E-state index contributed by atoms with van der Waals surface area (Å²) in [6.07, 6.45) is 1.18. The Hall–Kier alpha value is -3.63.